The molecule has 1 saturated heterocycles. The molecule has 9 heteroatoms. The molecule has 0 radical (unpaired) electrons. The van der Waals surface area contributed by atoms with Crippen molar-refractivity contribution in [3.8, 4) is 0 Å². The smallest absolute Gasteiger partial charge is 0.321 e. The summed E-state index contributed by atoms with van der Waals surface area (Å²) in [5.74, 6) is 1.04. The van der Waals surface area contributed by atoms with Gasteiger partial charge in [-0.05, 0) is 31.4 Å². The Labute approximate surface area is 142 Å². The predicted octanol–water partition coefficient (Wildman–Crippen LogP) is 2.53. The summed E-state index contributed by atoms with van der Waals surface area (Å²) in [4.78, 5) is 18.8. The van der Waals surface area contributed by atoms with Crippen LogP contribution in [0.5, 0.6) is 0 Å². The fourth-order valence-corrected chi connectivity index (χ4v) is 3.64. The maximum atomic E-state index is 12.7. The van der Waals surface area contributed by atoms with Crippen molar-refractivity contribution in [3.05, 3.63) is 29.8 Å². The van der Waals surface area contributed by atoms with Gasteiger partial charge in [0.15, 0.2) is 0 Å². The molecule has 0 bridgehead atoms. The summed E-state index contributed by atoms with van der Waals surface area (Å²) in [5.41, 5.74) is 3.27. The summed E-state index contributed by atoms with van der Waals surface area (Å²) in [6, 6.07) is 3.76. The molecule has 2 N–H and O–H groups in total. The molecular formula is C15H17N7OS. The first-order valence-corrected chi connectivity index (χ1v) is 8.58. The Morgan fingerprint density at radius 1 is 1.42 bits per heavy atom. The van der Waals surface area contributed by atoms with E-state index in [1.54, 1.807) is 0 Å². The summed E-state index contributed by atoms with van der Waals surface area (Å²) in [6.45, 7) is 3.33. The monoisotopic (exact) mass is 343 g/mol. The zero-order valence-electron chi connectivity index (χ0n) is 13.2. The molecule has 1 fully saturated rings. The number of aryl methyl sites for hydroxylation is 1. The van der Waals surface area contributed by atoms with E-state index in [4.69, 9.17) is 0 Å². The van der Waals surface area contributed by atoms with Crippen LogP contribution < -0.4 is 5.32 Å². The van der Waals surface area contributed by atoms with E-state index in [2.05, 4.69) is 29.2 Å². The van der Waals surface area contributed by atoms with Gasteiger partial charge >= 0.3 is 6.03 Å². The van der Waals surface area contributed by atoms with Crippen molar-refractivity contribution < 1.29 is 4.79 Å². The molecule has 4 rings (SSSR count). The third-order valence-corrected chi connectivity index (χ3v) is 4.94. The van der Waals surface area contributed by atoms with Crippen molar-refractivity contribution in [2.24, 2.45) is 0 Å². The molecular weight excluding hydrogens is 326 g/mol. The number of hydrogen-bond donors (Lipinski definition) is 2. The van der Waals surface area contributed by atoms with Gasteiger partial charge in [0.2, 0.25) is 0 Å². The zero-order chi connectivity index (χ0) is 16.5. The number of carbonyl (C=O) groups is 1. The summed E-state index contributed by atoms with van der Waals surface area (Å²) in [5, 5.41) is 9.83. The lowest BCUT2D eigenvalue weighted by atomic mass is 9.98. The summed E-state index contributed by atoms with van der Waals surface area (Å²) in [7, 11) is 0. The Morgan fingerprint density at radius 3 is 3.17 bits per heavy atom. The van der Waals surface area contributed by atoms with Crippen LogP contribution in [0.4, 0.5) is 10.5 Å². The van der Waals surface area contributed by atoms with E-state index in [1.165, 1.54) is 6.33 Å². The first-order valence-electron chi connectivity index (χ1n) is 7.85. The van der Waals surface area contributed by atoms with Crippen LogP contribution in [0, 0.1) is 6.92 Å². The lowest BCUT2D eigenvalue weighted by molar-refractivity contribution is 0.191. The topological polar surface area (TPSA) is 99.7 Å². The van der Waals surface area contributed by atoms with Crippen LogP contribution >= 0.6 is 11.7 Å². The number of piperidine rings is 1. The highest BCUT2D eigenvalue weighted by molar-refractivity contribution is 7.00. The van der Waals surface area contributed by atoms with E-state index < -0.39 is 0 Å². The normalized spacial score (nSPS) is 18.0. The molecule has 0 aliphatic carbocycles. The van der Waals surface area contributed by atoms with Crippen molar-refractivity contribution in [2.45, 2.75) is 25.7 Å². The number of H-pyrrole nitrogens is 1. The molecule has 1 aliphatic heterocycles. The molecule has 3 heterocycles. The highest BCUT2D eigenvalue weighted by Crippen LogP contribution is 2.28. The van der Waals surface area contributed by atoms with Gasteiger partial charge in [0, 0.05) is 19.0 Å². The van der Waals surface area contributed by atoms with Gasteiger partial charge < -0.3 is 10.2 Å². The number of carbonyl (C=O) groups excluding carboxylic acids is 1. The number of nitrogens with one attached hydrogen (secondary N) is 2. The number of aromatic amines is 1. The fraction of sp³-hybridized carbons (Fsp3) is 0.400. The fourth-order valence-electron chi connectivity index (χ4n) is 3.09. The molecule has 2 amide bonds. The van der Waals surface area contributed by atoms with Crippen molar-refractivity contribution in [1.82, 2.24) is 28.8 Å². The van der Waals surface area contributed by atoms with Crippen molar-refractivity contribution >= 4 is 34.5 Å². The molecule has 3 aromatic rings. The Hall–Kier alpha value is -2.55. The largest absolute Gasteiger partial charge is 0.324 e. The third-order valence-electron chi connectivity index (χ3n) is 4.40. The molecule has 1 aliphatic rings. The summed E-state index contributed by atoms with van der Waals surface area (Å²) >= 11 is 1.15. The second kappa shape index (κ2) is 6.16. The van der Waals surface area contributed by atoms with Crippen LogP contribution in [0.1, 0.15) is 30.1 Å². The minimum Gasteiger partial charge on any atom is -0.324 e. The molecule has 0 saturated carbocycles. The van der Waals surface area contributed by atoms with Gasteiger partial charge in [-0.25, -0.2) is 9.78 Å². The van der Waals surface area contributed by atoms with Crippen LogP contribution in [0.25, 0.3) is 11.0 Å². The predicted molar refractivity (Wildman–Crippen MR) is 91.1 cm³/mol. The Morgan fingerprint density at radius 2 is 2.33 bits per heavy atom. The van der Waals surface area contributed by atoms with Crippen molar-refractivity contribution in [3.63, 3.8) is 0 Å². The summed E-state index contributed by atoms with van der Waals surface area (Å²) in [6.07, 6.45) is 3.46. The molecule has 2 aromatic heterocycles. The molecule has 24 heavy (non-hydrogen) atoms. The Kier molecular flexibility index (Phi) is 3.85. The number of anilines is 1. The number of likely N-dealkylation sites (tertiary alicyclic amines) is 1. The van der Waals surface area contributed by atoms with Gasteiger partial charge in [0.1, 0.15) is 23.2 Å². The van der Waals surface area contributed by atoms with E-state index in [-0.39, 0.29) is 11.9 Å². The van der Waals surface area contributed by atoms with Gasteiger partial charge in [0.05, 0.1) is 17.4 Å². The number of aromatic nitrogens is 5. The van der Waals surface area contributed by atoms with Gasteiger partial charge in [0.25, 0.3) is 0 Å². The minimum absolute atomic E-state index is 0.109. The van der Waals surface area contributed by atoms with Crippen molar-refractivity contribution in [1.29, 1.82) is 0 Å². The highest BCUT2D eigenvalue weighted by atomic mass is 32.1. The van der Waals surface area contributed by atoms with Gasteiger partial charge in [-0.2, -0.15) is 13.8 Å². The first-order chi connectivity index (χ1) is 11.7. The molecule has 8 nitrogen and oxygen atoms in total. The average Bonchev–Trinajstić information content (AvgIpc) is 3.28. The summed E-state index contributed by atoms with van der Waals surface area (Å²) < 4.78 is 8.54. The highest BCUT2D eigenvalue weighted by Gasteiger charge is 2.27. The maximum Gasteiger partial charge on any atom is 0.321 e. The van der Waals surface area contributed by atoms with E-state index in [9.17, 15) is 4.79 Å². The standard InChI is InChI=1S/C15H17N7OS/c1-9-4-5-11-13(21-24-20-11)12(9)18-15(23)22-6-2-3-10(7-22)14-16-8-17-19-14/h4-5,8,10H,2-3,6-7H2,1H3,(H,18,23)(H,16,17,19)/t10-/m1/s1. The van der Waals surface area contributed by atoms with Gasteiger partial charge in [-0.15, -0.1) is 0 Å². The Balaban J connectivity index is 1.53. The number of benzene rings is 1. The van der Waals surface area contributed by atoms with Crippen LogP contribution in [0.15, 0.2) is 18.5 Å². The Bertz CT molecular complexity index is 860. The minimum atomic E-state index is -0.109. The van der Waals surface area contributed by atoms with Crippen molar-refractivity contribution in [2.75, 3.05) is 18.4 Å². The van der Waals surface area contributed by atoms with Crippen LogP contribution in [0.3, 0.4) is 0 Å². The first kappa shape index (κ1) is 15.0. The SMILES string of the molecule is Cc1ccc2nsnc2c1NC(=O)N1CCC[C@@H](c2ncn[nH]2)C1. The van der Waals surface area contributed by atoms with E-state index in [0.717, 1.165) is 59.2 Å². The number of urea groups is 1. The average molecular weight is 343 g/mol. The van der Waals surface area contributed by atoms with E-state index in [1.807, 2.05) is 24.0 Å². The van der Waals surface area contributed by atoms with Gasteiger partial charge in [-0.1, -0.05) is 6.07 Å². The zero-order valence-corrected chi connectivity index (χ0v) is 14.0. The van der Waals surface area contributed by atoms with Gasteiger partial charge in [-0.3, -0.25) is 5.10 Å². The number of fused-ring (bicyclic) bond motifs is 1. The maximum absolute atomic E-state index is 12.7. The van der Waals surface area contributed by atoms with E-state index >= 15 is 0 Å². The molecule has 1 atom stereocenters. The molecule has 0 unspecified atom stereocenters. The van der Waals surface area contributed by atoms with Crippen LogP contribution in [-0.2, 0) is 0 Å². The number of hydrogen-bond acceptors (Lipinski definition) is 6. The number of nitrogens with zero attached hydrogens (tertiary/aromatic N) is 5. The van der Waals surface area contributed by atoms with E-state index in [0.29, 0.717) is 6.54 Å². The second-order valence-electron chi connectivity index (χ2n) is 5.98. The number of rotatable bonds is 2. The lowest BCUT2D eigenvalue weighted by Crippen LogP contribution is -2.42. The molecule has 0 spiro atoms. The van der Waals surface area contributed by atoms with Crippen LogP contribution in [0.2, 0.25) is 0 Å². The quantitative estimate of drug-likeness (QED) is 0.745. The third kappa shape index (κ3) is 2.71. The lowest BCUT2D eigenvalue weighted by Gasteiger charge is -2.31. The molecule has 1 aromatic carbocycles. The number of amides is 2. The second-order valence-corrected chi connectivity index (χ2v) is 6.50. The molecule has 124 valence electrons. The van der Waals surface area contributed by atoms with Crippen LogP contribution in [-0.4, -0.2) is 47.9 Å².